The van der Waals surface area contributed by atoms with Crippen LogP contribution in [-0.2, 0) is 4.74 Å². The van der Waals surface area contributed by atoms with Gasteiger partial charge in [0.05, 0.1) is 6.54 Å². The van der Waals surface area contributed by atoms with Crippen molar-refractivity contribution in [3.63, 3.8) is 0 Å². The van der Waals surface area contributed by atoms with E-state index in [0.717, 1.165) is 25.6 Å². The summed E-state index contributed by atoms with van der Waals surface area (Å²) in [4.78, 5) is 13.4. The molecule has 4 unspecified atom stereocenters. The Kier molecular flexibility index (Phi) is 2.96. The van der Waals surface area contributed by atoms with Crippen LogP contribution in [0.25, 0.3) is 0 Å². The highest BCUT2D eigenvalue weighted by molar-refractivity contribution is 5.69. The van der Waals surface area contributed by atoms with Gasteiger partial charge in [0, 0.05) is 25.7 Å². The van der Waals surface area contributed by atoms with Gasteiger partial charge in [0.25, 0.3) is 0 Å². The van der Waals surface area contributed by atoms with Crippen LogP contribution >= 0.6 is 0 Å². The zero-order chi connectivity index (χ0) is 11.8. The van der Waals surface area contributed by atoms with Crippen LogP contribution in [0, 0.1) is 11.8 Å². The van der Waals surface area contributed by atoms with Gasteiger partial charge in [-0.2, -0.15) is 0 Å². The second-order valence-corrected chi connectivity index (χ2v) is 5.65. The lowest BCUT2D eigenvalue weighted by Gasteiger charge is -2.29. The van der Waals surface area contributed by atoms with E-state index in [1.807, 2.05) is 0 Å². The van der Waals surface area contributed by atoms with Crippen LogP contribution in [0.3, 0.4) is 0 Å². The number of hydrogen-bond donors (Lipinski definition) is 2. The van der Waals surface area contributed by atoms with Crippen molar-refractivity contribution in [2.24, 2.45) is 17.6 Å². The number of nitrogens with one attached hydrogen (secondary N) is 1. The van der Waals surface area contributed by atoms with E-state index in [2.05, 4.69) is 10.2 Å². The van der Waals surface area contributed by atoms with Crippen molar-refractivity contribution in [2.45, 2.75) is 31.4 Å². The lowest BCUT2D eigenvalue weighted by atomic mass is 9.78. The Morgan fingerprint density at radius 2 is 2.29 bits per heavy atom. The third-order valence-corrected chi connectivity index (χ3v) is 4.44. The highest BCUT2D eigenvalue weighted by Gasteiger charge is 2.39. The summed E-state index contributed by atoms with van der Waals surface area (Å²) in [5.41, 5.74) is 6.19. The molecule has 3 aliphatic rings. The number of nitrogens with two attached hydrogens (primary N) is 1. The molecule has 1 amide bonds. The molecule has 0 bridgehead atoms. The van der Waals surface area contributed by atoms with Gasteiger partial charge in [-0.3, -0.25) is 4.90 Å². The third kappa shape index (κ3) is 2.26. The summed E-state index contributed by atoms with van der Waals surface area (Å²) < 4.78 is 5.18. The van der Waals surface area contributed by atoms with Gasteiger partial charge < -0.3 is 15.8 Å². The average molecular weight is 239 g/mol. The maximum absolute atomic E-state index is 11.0. The van der Waals surface area contributed by atoms with E-state index in [1.165, 1.54) is 19.3 Å². The Labute approximate surface area is 102 Å². The maximum Gasteiger partial charge on any atom is 0.407 e. The molecule has 0 aromatic rings. The standard InChI is InChI=1S/C12H21N3O2/c13-11-3-1-2-8-5-15(7-10(8)11)6-9-4-14-12(16)17-9/h8-11H,1-7,13H2,(H,14,16). The van der Waals surface area contributed by atoms with Gasteiger partial charge in [-0.1, -0.05) is 6.42 Å². The van der Waals surface area contributed by atoms with Crippen molar-refractivity contribution in [1.29, 1.82) is 0 Å². The molecule has 17 heavy (non-hydrogen) atoms. The summed E-state index contributed by atoms with van der Waals surface area (Å²) >= 11 is 0. The largest absolute Gasteiger partial charge is 0.443 e. The number of nitrogens with zero attached hydrogens (tertiary/aromatic N) is 1. The molecule has 5 nitrogen and oxygen atoms in total. The minimum Gasteiger partial charge on any atom is -0.443 e. The molecule has 0 aromatic heterocycles. The molecular formula is C12H21N3O2. The molecule has 3 fully saturated rings. The SMILES string of the molecule is NC1CCCC2CN(CC3CNC(=O)O3)CC12. The molecule has 3 rings (SSSR count). The molecule has 2 saturated heterocycles. The van der Waals surface area contributed by atoms with E-state index in [4.69, 9.17) is 10.5 Å². The summed E-state index contributed by atoms with van der Waals surface area (Å²) in [6.45, 7) is 3.72. The Morgan fingerprint density at radius 1 is 1.41 bits per heavy atom. The maximum atomic E-state index is 11.0. The third-order valence-electron chi connectivity index (χ3n) is 4.44. The fraction of sp³-hybridized carbons (Fsp3) is 0.917. The van der Waals surface area contributed by atoms with Gasteiger partial charge in [0.15, 0.2) is 0 Å². The number of rotatable bonds is 2. The van der Waals surface area contributed by atoms with E-state index in [-0.39, 0.29) is 12.2 Å². The summed E-state index contributed by atoms with van der Waals surface area (Å²) in [6.07, 6.45) is 3.52. The predicted octanol–water partition coefficient (Wildman–Crippen LogP) is 0.154. The van der Waals surface area contributed by atoms with E-state index >= 15 is 0 Å². The number of carbonyl (C=O) groups is 1. The molecule has 1 saturated carbocycles. The number of hydrogen-bond acceptors (Lipinski definition) is 4. The van der Waals surface area contributed by atoms with Gasteiger partial charge in [-0.15, -0.1) is 0 Å². The van der Waals surface area contributed by atoms with Crippen molar-refractivity contribution >= 4 is 6.09 Å². The fourth-order valence-electron chi connectivity index (χ4n) is 3.58. The molecule has 0 radical (unpaired) electrons. The van der Waals surface area contributed by atoms with E-state index in [9.17, 15) is 4.79 Å². The number of carbonyl (C=O) groups excluding carboxylic acids is 1. The lowest BCUT2D eigenvalue weighted by molar-refractivity contribution is 0.114. The number of alkyl carbamates (subject to hydrolysis) is 1. The summed E-state index contributed by atoms with van der Waals surface area (Å²) in [5.74, 6) is 1.43. The molecule has 5 heteroatoms. The first-order chi connectivity index (χ1) is 8.22. The molecule has 0 spiro atoms. The van der Waals surface area contributed by atoms with Gasteiger partial charge in [0.1, 0.15) is 6.10 Å². The fourth-order valence-corrected chi connectivity index (χ4v) is 3.58. The lowest BCUT2D eigenvalue weighted by Crippen LogP contribution is -2.38. The van der Waals surface area contributed by atoms with Crippen molar-refractivity contribution in [3.05, 3.63) is 0 Å². The Balaban J connectivity index is 1.54. The van der Waals surface area contributed by atoms with E-state index in [0.29, 0.717) is 18.5 Å². The van der Waals surface area contributed by atoms with Crippen molar-refractivity contribution in [1.82, 2.24) is 10.2 Å². The second-order valence-electron chi connectivity index (χ2n) is 5.65. The Bertz CT molecular complexity index is 310. The van der Waals surface area contributed by atoms with Crippen LogP contribution < -0.4 is 11.1 Å². The average Bonchev–Trinajstić information content (AvgIpc) is 2.86. The molecular weight excluding hydrogens is 218 g/mol. The van der Waals surface area contributed by atoms with Crippen molar-refractivity contribution in [3.8, 4) is 0 Å². The highest BCUT2D eigenvalue weighted by Crippen LogP contribution is 2.35. The van der Waals surface area contributed by atoms with Crippen LogP contribution in [0.1, 0.15) is 19.3 Å². The topological polar surface area (TPSA) is 67.6 Å². The Morgan fingerprint density at radius 3 is 3.00 bits per heavy atom. The number of likely N-dealkylation sites (tertiary alicyclic amines) is 1. The number of amides is 1. The van der Waals surface area contributed by atoms with Gasteiger partial charge in [-0.05, 0) is 24.7 Å². The quantitative estimate of drug-likeness (QED) is 0.720. The molecule has 1 aliphatic carbocycles. The van der Waals surface area contributed by atoms with Crippen LogP contribution in [-0.4, -0.2) is 49.3 Å². The van der Waals surface area contributed by atoms with E-state index < -0.39 is 0 Å². The highest BCUT2D eigenvalue weighted by atomic mass is 16.6. The van der Waals surface area contributed by atoms with Gasteiger partial charge in [-0.25, -0.2) is 4.79 Å². The molecule has 0 aromatic carbocycles. The van der Waals surface area contributed by atoms with Crippen molar-refractivity contribution in [2.75, 3.05) is 26.2 Å². The normalized spacial score (nSPS) is 42.1. The molecule has 2 heterocycles. The minimum absolute atomic E-state index is 0.0267. The first-order valence-electron chi connectivity index (χ1n) is 6.65. The van der Waals surface area contributed by atoms with Crippen LogP contribution in [0.15, 0.2) is 0 Å². The first-order valence-corrected chi connectivity index (χ1v) is 6.65. The predicted molar refractivity (Wildman–Crippen MR) is 63.5 cm³/mol. The first kappa shape index (κ1) is 11.3. The number of cyclic esters (lactones) is 1. The van der Waals surface area contributed by atoms with Crippen LogP contribution in [0.5, 0.6) is 0 Å². The number of fused-ring (bicyclic) bond motifs is 1. The molecule has 96 valence electrons. The number of ether oxygens (including phenoxy) is 1. The van der Waals surface area contributed by atoms with Crippen LogP contribution in [0.4, 0.5) is 4.79 Å². The molecule has 4 atom stereocenters. The summed E-state index contributed by atoms with van der Waals surface area (Å²) in [6, 6.07) is 0.378. The van der Waals surface area contributed by atoms with E-state index in [1.54, 1.807) is 0 Å². The van der Waals surface area contributed by atoms with Gasteiger partial charge in [0.2, 0.25) is 0 Å². The van der Waals surface area contributed by atoms with Gasteiger partial charge >= 0.3 is 6.09 Å². The smallest absolute Gasteiger partial charge is 0.407 e. The van der Waals surface area contributed by atoms with Crippen LogP contribution in [0.2, 0.25) is 0 Å². The summed E-state index contributed by atoms with van der Waals surface area (Å²) in [5, 5.41) is 2.70. The Hall–Kier alpha value is -0.810. The molecule has 2 aliphatic heterocycles. The summed E-state index contributed by atoms with van der Waals surface area (Å²) in [7, 11) is 0. The zero-order valence-corrected chi connectivity index (χ0v) is 10.1. The monoisotopic (exact) mass is 239 g/mol. The minimum atomic E-state index is -0.275. The molecule has 3 N–H and O–H groups in total. The second kappa shape index (κ2) is 4.46. The van der Waals surface area contributed by atoms with Crippen molar-refractivity contribution < 1.29 is 9.53 Å². The zero-order valence-electron chi connectivity index (χ0n) is 10.1.